The normalized spacial score (nSPS) is 13.2. The van der Waals surface area contributed by atoms with E-state index in [1.807, 2.05) is 42.3 Å². The van der Waals surface area contributed by atoms with Crippen LogP contribution in [0.3, 0.4) is 0 Å². The van der Waals surface area contributed by atoms with Gasteiger partial charge in [0.25, 0.3) is 5.91 Å². The molecule has 0 aromatic heterocycles. The third kappa shape index (κ3) is 6.64. The zero-order chi connectivity index (χ0) is 24.1. The molecule has 0 unspecified atom stereocenters. The van der Waals surface area contributed by atoms with E-state index in [1.54, 1.807) is 24.3 Å². The summed E-state index contributed by atoms with van der Waals surface area (Å²) in [7, 11) is 1.95. The molecular formula is C27H30N3NaO4. The molecule has 8 heteroatoms. The number of hydrogen-bond donors (Lipinski definition) is 3. The molecule has 1 saturated heterocycles. The van der Waals surface area contributed by atoms with Gasteiger partial charge in [-0.1, -0.05) is 36.4 Å². The largest absolute Gasteiger partial charge is 1.00 e. The molecule has 0 saturated carbocycles. The average Bonchev–Trinajstić information content (AvgIpc) is 3.37. The van der Waals surface area contributed by atoms with Crippen molar-refractivity contribution in [2.45, 2.75) is 12.8 Å². The van der Waals surface area contributed by atoms with Crippen molar-refractivity contribution in [2.75, 3.05) is 43.4 Å². The third-order valence-electron chi connectivity index (χ3n) is 6.22. The molecule has 3 aromatic rings. The molecule has 1 heterocycles. The number of likely N-dealkylation sites (N-methyl/N-ethyl adjacent to an activating group) is 1. The van der Waals surface area contributed by atoms with Crippen molar-refractivity contribution in [1.82, 2.24) is 4.90 Å². The zero-order valence-electron chi connectivity index (χ0n) is 21.2. The molecule has 0 atom stereocenters. The van der Waals surface area contributed by atoms with E-state index < -0.39 is 11.9 Å². The number of carboxylic acids is 1. The number of phenols is 1. The first-order valence-electron chi connectivity index (χ1n) is 11.4. The van der Waals surface area contributed by atoms with Crippen molar-refractivity contribution < 1.29 is 50.8 Å². The molecule has 1 aliphatic rings. The minimum absolute atomic E-state index is 0. The molecule has 0 bridgehead atoms. The first kappa shape index (κ1) is 26.8. The van der Waals surface area contributed by atoms with E-state index in [1.165, 1.54) is 25.0 Å². The fourth-order valence-corrected chi connectivity index (χ4v) is 4.20. The minimum atomic E-state index is -1.14. The molecule has 1 aliphatic heterocycles. The molecule has 4 rings (SSSR count). The Morgan fingerprint density at radius 3 is 2.37 bits per heavy atom. The Labute approximate surface area is 229 Å². The van der Waals surface area contributed by atoms with E-state index in [-0.39, 0.29) is 53.5 Å². The summed E-state index contributed by atoms with van der Waals surface area (Å²) in [6.07, 6.45) is 2.47. The van der Waals surface area contributed by atoms with Crippen LogP contribution in [0, 0.1) is 0 Å². The summed E-state index contributed by atoms with van der Waals surface area (Å²) in [5.41, 5.74) is 2.72. The number of nitrogens with one attached hydrogen (secondary N) is 1. The van der Waals surface area contributed by atoms with E-state index in [0.29, 0.717) is 0 Å². The van der Waals surface area contributed by atoms with Crippen LogP contribution in [0.4, 0.5) is 11.4 Å². The molecule has 3 aromatic carbocycles. The van der Waals surface area contributed by atoms with Crippen LogP contribution in [0.25, 0.3) is 11.1 Å². The van der Waals surface area contributed by atoms with Gasteiger partial charge in [-0.15, -0.1) is 0 Å². The maximum atomic E-state index is 13.1. The van der Waals surface area contributed by atoms with Gasteiger partial charge in [-0.3, -0.25) is 4.79 Å². The van der Waals surface area contributed by atoms with Crippen LogP contribution in [-0.4, -0.2) is 60.2 Å². The second-order valence-electron chi connectivity index (χ2n) is 8.56. The molecule has 7 nitrogen and oxygen atoms in total. The van der Waals surface area contributed by atoms with Crippen molar-refractivity contribution in [3.63, 3.8) is 0 Å². The summed E-state index contributed by atoms with van der Waals surface area (Å²) in [6.45, 7) is 3.97. The molecule has 0 aliphatic carbocycles. The quantitative estimate of drug-likeness (QED) is 0.422. The summed E-state index contributed by atoms with van der Waals surface area (Å²) in [6, 6.07) is 19.2. The molecule has 0 radical (unpaired) electrons. The van der Waals surface area contributed by atoms with E-state index >= 15 is 0 Å². The monoisotopic (exact) mass is 483 g/mol. The van der Waals surface area contributed by atoms with Crippen LogP contribution in [0.2, 0.25) is 0 Å². The summed E-state index contributed by atoms with van der Waals surface area (Å²) in [5, 5.41) is 22.7. The van der Waals surface area contributed by atoms with Gasteiger partial charge in [0, 0.05) is 25.8 Å². The van der Waals surface area contributed by atoms with Crippen LogP contribution in [0.5, 0.6) is 5.75 Å². The Morgan fingerprint density at radius 1 is 0.971 bits per heavy atom. The standard InChI is InChI=1S/C27H29N3O4.Na.H/c1-29(15-16-30-13-5-6-14-30)21-10-12-25(31)23(18-21)26(32)28-24-17-20(9-11-22(24)27(33)34)19-7-3-2-4-8-19;;/h2-4,7-12,17-18,31H,5-6,13-16H2,1H3,(H,28,32)(H,33,34);;/q;+1;-1. The Bertz CT molecular complexity index is 1190. The number of nitrogens with zero attached hydrogens (tertiary/aromatic N) is 2. The molecule has 3 N–H and O–H groups in total. The number of anilines is 2. The van der Waals surface area contributed by atoms with Gasteiger partial charge < -0.3 is 26.8 Å². The number of likely N-dealkylation sites (tertiary alicyclic amines) is 1. The topological polar surface area (TPSA) is 93.1 Å². The number of carbonyl (C=O) groups excluding carboxylic acids is 1. The second-order valence-corrected chi connectivity index (χ2v) is 8.56. The van der Waals surface area contributed by atoms with Crippen LogP contribution in [-0.2, 0) is 0 Å². The number of carbonyl (C=O) groups is 2. The summed E-state index contributed by atoms with van der Waals surface area (Å²) in [5.74, 6) is -1.88. The predicted molar refractivity (Wildman–Crippen MR) is 135 cm³/mol. The van der Waals surface area contributed by atoms with E-state index in [9.17, 15) is 19.8 Å². The Kier molecular flexibility index (Phi) is 9.34. The molecule has 35 heavy (non-hydrogen) atoms. The van der Waals surface area contributed by atoms with Gasteiger partial charge in [0.05, 0.1) is 16.8 Å². The Morgan fingerprint density at radius 2 is 1.69 bits per heavy atom. The Balaban J connectivity index is 0.00000228. The third-order valence-corrected chi connectivity index (χ3v) is 6.22. The van der Waals surface area contributed by atoms with Crippen LogP contribution < -0.4 is 39.8 Å². The number of carboxylic acid groups (broad SMARTS) is 1. The summed E-state index contributed by atoms with van der Waals surface area (Å²) < 4.78 is 0. The van der Waals surface area contributed by atoms with E-state index in [0.717, 1.165) is 43.0 Å². The molecular weight excluding hydrogens is 453 g/mol. The molecule has 0 spiro atoms. The van der Waals surface area contributed by atoms with Gasteiger partial charge in [-0.2, -0.15) is 0 Å². The van der Waals surface area contributed by atoms with Crippen LogP contribution >= 0.6 is 0 Å². The van der Waals surface area contributed by atoms with Crippen LogP contribution in [0.15, 0.2) is 66.7 Å². The number of amides is 1. The van der Waals surface area contributed by atoms with Gasteiger partial charge in [0.2, 0.25) is 0 Å². The second kappa shape index (κ2) is 12.2. The molecule has 1 fully saturated rings. The number of aromatic carboxylic acids is 1. The SMILES string of the molecule is CN(CCN1CCCC1)c1ccc(O)c(C(=O)Nc2cc(-c3ccccc3)ccc2C(=O)O)c1.[H-].[Na+]. The predicted octanol–water partition coefficient (Wildman–Crippen LogP) is 1.66. The number of rotatable bonds is 8. The van der Waals surface area contributed by atoms with E-state index in [4.69, 9.17) is 0 Å². The van der Waals surface area contributed by atoms with Gasteiger partial charge >= 0.3 is 35.5 Å². The number of benzene rings is 3. The maximum absolute atomic E-state index is 13.1. The first-order valence-corrected chi connectivity index (χ1v) is 11.4. The molecule has 1 amide bonds. The van der Waals surface area contributed by atoms with Crippen molar-refractivity contribution in [2.24, 2.45) is 0 Å². The Hall–Kier alpha value is -2.84. The van der Waals surface area contributed by atoms with Crippen molar-refractivity contribution in [3.8, 4) is 16.9 Å². The number of hydrogen-bond acceptors (Lipinski definition) is 5. The average molecular weight is 484 g/mol. The van der Waals surface area contributed by atoms with Crippen molar-refractivity contribution in [3.05, 3.63) is 77.9 Å². The fraction of sp³-hybridized carbons (Fsp3) is 0.259. The summed E-state index contributed by atoms with van der Waals surface area (Å²) in [4.78, 5) is 29.3. The van der Waals surface area contributed by atoms with Crippen molar-refractivity contribution in [1.29, 1.82) is 0 Å². The number of aromatic hydroxyl groups is 1. The summed E-state index contributed by atoms with van der Waals surface area (Å²) >= 11 is 0. The smallest absolute Gasteiger partial charge is 1.00 e. The van der Waals surface area contributed by atoms with Crippen molar-refractivity contribution >= 4 is 23.3 Å². The van der Waals surface area contributed by atoms with Gasteiger partial charge in [-0.05, 0) is 67.4 Å². The van der Waals surface area contributed by atoms with Gasteiger partial charge in [0.1, 0.15) is 5.75 Å². The van der Waals surface area contributed by atoms with E-state index in [2.05, 4.69) is 10.2 Å². The van der Waals surface area contributed by atoms with Gasteiger partial charge in [-0.25, -0.2) is 4.79 Å². The van der Waals surface area contributed by atoms with Gasteiger partial charge in [0.15, 0.2) is 0 Å². The molecule has 178 valence electrons. The number of phenolic OH excluding ortho intramolecular Hbond substituents is 1. The first-order chi connectivity index (χ1) is 16.4. The zero-order valence-corrected chi connectivity index (χ0v) is 22.2. The van der Waals surface area contributed by atoms with Crippen LogP contribution in [0.1, 0.15) is 35.0 Å². The fourth-order valence-electron chi connectivity index (χ4n) is 4.20. The minimum Gasteiger partial charge on any atom is -1.00 e. The maximum Gasteiger partial charge on any atom is 1.00 e.